The van der Waals surface area contributed by atoms with Crippen molar-refractivity contribution in [3.8, 4) is 0 Å². The molecule has 0 atom stereocenters. The molecule has 2 fully saturated rings. The third-order valence-electron chi connectivity index (χ3n) is 4.58. The fourth-order valence-corrected chi connectivity index (χ4v) is 2.94. The summed E-state index contributed by atoms with van der Waals surface area (Å²) in [7, 11) is 0. The Morgan fingerprint density at radius 2 is 2.00 bits per heavy atom. The molecule has 122 valence electrons. The molecular formula is C17H20N2O4. The zero-order valence-electron chi connectivity index (χ0n) is 12.9. The van der Waals surface area contributed by atoms with Gasteiger partial charge in [0, 0.05) is 26.1 Å². The minimum absolute atomic E-state index is 0.181. The van der Waals surface area contributed by atoms with Crippen LogP contribution in [0.1, 0.15) is 36.8 Å². The summed E-state index contributed by atoms with van der Waals surface area (Å²) in [5.74, 6) is -1.28. The molecule has 0 spiro atoms. The molecule has 1 aromatic carbocycles. The van der Waals surface area contributed by atoms with E-state index in [4.69, 9.17) is 5.11 Å². The molecule has 1 saturated carbocycles. The summed E-state index contributed by atoms with van der Waals surface area (Å²) in [6, 6.07) is 7.68. The van der Waals surface area contributed by atoms with Crippen molar-refractivity contribution in [3.05, 3.63) is 35.4 Å². The lowest BCUT2D eigenvalue weighted by Gasteiger charge is -2.16. The first-order valence-electron chi connectivity index (χ1n) is 7.88. The van der Waals surface area contributed by atoms with E-state index in [1.807, 2.05) is 29.2 Å². The summed E-state index contributed by atoms with van der Waals surface area (Å²) >= 11 is 0. The maximum absolute atomic E-state index is 12.0. The zero-order valence-corrected chi connectivity index (χ0v) is 12.9. The molecule has 23 heavy (non-hydrogen) atoms. The molecule has 3 rings (SSSR count). The van der Waals surface area contributed by atoms with Gasteiger partial charge in [-0.1, -0.05) is 24.3 Å². The second-order valence-electron chi connectivity index (χ2n) is 6.31. The van der Waals surface area contributed by atoms with E-state index in [2.05, 4.69) is 5.32 Å². The van der Waals surface area contributed by atoms with E-state index in [9.17, 15) is 14.4 Å². The van der Waals surface area contributed by atoms with Crippen molar-refractivity contribution >= 4 is 17.8 Å². The number of carbonyl (C=O) groups excluding carboxylic acids is 2. The fraction of sp³-hybridized carbons (Fsp3) is 0.471. The van der Waals surface area contributed by atoms with Gasteiger partial charge in [-0.15, -0.1) is 0 Å². The molecule has 1 saturated heterocycles. The van der Waals surface area contributed by atoms with Crippen molar-refractivity contribution in [1.82, 2.24) is 10.2 Å². The van der Waals surface area contributed by atoms with Crippen molar-refractivity contribution in [3.63, 3.8) is 0 Å². The van der Waals surface area contributed by atoms with E-state index in [1.165, 1.54) is 0 Å². The number of aliphatic carboxylic acids is 1. The van der Waals surface area contributed by atoms with Gasteiger partial charge in [0.1, 0.15) is 5.41 Å². The predicted molar refractivity (Wildman–Crippen MR) is 82.2 cm³/mol. The Morgan fingerprint density at radius 1 is 1.26 bits per heavy atom. The van der Waals surface area contributed by atoms with E-state index >= 15 is 0 Å². The lowest BCUT2D eigenvalue weighted by Crippen LogP contribution is -2.36. The van der Waals surface area contributed by atoms with Crippen molar-refractivity contribution in [2.75, 3.05) is 6.54 Å². The van der Waals surface area contributed by atoms with Crippen LogP contribution in [0.25, 0.3) is 0 Å². The highest BCUT2D eigenvalue weighted by atomic mass is 16.4. The third-order valence-corrected chi connectivity index (χ3v) is 4.58. The molecule has 1 aliphatic carbocycles. The molecule has 0 aromatic heterocycles. The highest BCUT2D eigenvalue weighted by Crippen LogP contribution is 2.46. The Hall–Kier alpha value is -2.37. The number of nitrogens with one attached hydrogen (secondary N) is 1. The van der Waals surface area contributed by atoms with Crippen LogP contribution in [0, 0.1) is 5.41 Å². The number of carbonyl (C=O) groups is 3. The Bertz CT molecular complexity index is 652. The molecule has 6 heteroatoms. The Balaban J connectivity index is 1.58. The number of carboxylic acids is 1. The maximum atomic E-state index is 12.0. The van der Waals surface area contributed by atoms with Crippen LogP contribution in [0.2, 0.25) is 0 Å². The molecule has 0 radical (unpaired) electrons. The number of hydrogen-bond acceptors (Lipinski definition) is 3. The van der Waals surface area contributed by atoms with Crippen LogP contribution in [-0.4, -0.2) is 34.3 Å². The quantitative estimate of drug-likeness (QED) is 0.774. The van der Waals surface area contributed by atoms with Crippen LogP contribution in [0.5, 0.6) is 0 Å². The number of rotatable bonds is 6. The minimum Gasteiger partial charge on any atom is -0.480 e. The zero-order chi connectivity index (χ0) is 16.4. The number of amides is 2. The highest BCUT2D eigenvalue weighted by Gasteiger charge is 2.56. The molecule has 0 bridgehead atoms. The topological polar surface area (TPSA) is 86.7 Å². The number of hydrogen-bond donors (Lipinski definition) is 2. The van der Waals surface area contributed by atoms with Gasteiger partial charge in [0.15, 0.2) is 0 Å². The lowest BCUT2D eigenvalue weighted by molar-refractivity contribution is -0.149. The summed E-state index contributed by atoms with van der Waals surface area (Å²) in [5.41, 5.74) is 0.717. The lowest BCUT2D eigenvalue weighted by atomic mass is 10.1. The van der Waals surface area contributed by atoms with Gasteiger partial charge in [0.05, 0.1) is 0 Å². The molecule has 1 aliphatic heterocycles. The Labute approximate surface area is 134 Å². The Morgan fingerprint density at radius 3 is 2.61 bits per heavy atom. The second kappa shape index (κ2) is 6.02. The van der Waals surface area contributed by atoms with Crippen LogP contribution in [0.4, 0.5) is 0 Å². The van der Waals surface area contributed by atoms with Crippen LogP contribution < -0.4 is 5.32 Å². The number of likely N-dealkylation sites (tertiary alicyclic amines) is 1. The number of benzene rings is 1. The summed E-state index contributed by atoms with van der Waals surface area (Å²) in [6.45, 7) is 1.68. The van der Waals surface area contributed by atoms with Crippen LogP contribution in [0.3, 0.4) is 0 Å². The Kier molecular flexibility index (Phi) is 4.07. The molecule has 2 N–H and O–H groups in total. The van der Waals surface area contributed by atoms with Gasteiger partial charge in [-0.2, -0.15) is 0 Å². The van der Waals surface area contributed by atoms with E-state index < -0.39 is 17.3 Å². The van der Waals surface area contributed by atoms with Crippen molar-refractivity contribution in [2.45, 2.75) is 38.8 Å². The van der Waals surface area contributed by atoms with Crippen molar-refractivity contribution in [2.24, 2.45) is 5.41 Å². The predicted octanol–water partition coefficient (Wildman–Crippen LogP) is 1.29. The molecule has 2 aliphatic rings. The van der Waals surface area contributed by atoms with Gasteiger partial charge in [-0.3, -0.25) is 14.4 Å². The minimum atomic E-state index is -1.21. The van der Waals surface area contributed by atoms with Crippen molar-refractivity contribution < 1.29 is 19.5 Å². The first kappa shape index (κ1) is 15.5. The monoisotopic (exact) mass is 316 g/mol. The number of nitrogens with zero attached hydrogens (tertiary/aromatic N) is 1. The average molecular weight is 316 g/mol. The highest BCUT2D eigenvalue weighted by molar-refractivity contribution is 6.04. The smallest absolute Gasteiger partial charge is 0.319 e. The first-order valence-corrected chi connectivity index (χ1v) is 7.88. The van der Waals surface area contributed by atoms with E-state index in [-0.39, 0.29) is 5.91 Å². The molecule has 1 aromatic rings. The van der Waals surface area contributed by atoms with Crippen molar-refractivity contribution in [1.29, 1.82) is 0 Å². The fourth-order valence-electron chi connectivity index (χ4n) is 2.94. The van der Waals surface area contributed by atoms with Gasteiger partial charge in [0.25, 0.3) is 0 Å². The summed E-state index contributed by atoms with van der Waals surface area (Å²) in [6.07, 6.45) is 2.34. The first-order chi connectivity index (χ1) is 11.0. The van der Waals surface area contributed by atoms with Gasteiger partial charge < -0.3 is 15.3 Å². The normalized spacial score (nSPS) is 18.8. The van der Waals surface area contributed by atoms with E-state index in [0.717, 1.165) is 24.1 Å². The summed E-state index contributed by atoms with van der Waals surface area (Å²) in [5, 5.41) is 11.8. The second-order valence-corrected chi connectivity index (χ2v) is 6.31. The molecule has 1 heterocycles. The average Bonchev–Trinajstić information content (AvgIpc) is 3.26. The van der Waals surface area contributed by atoms with Gasteiger partial charge in [0.2, 0.25) is 11.8 Å². The van der Waals surface area contributed by atoms with Gasteiger partial charge in [-0.25, -0.2) is 0 Å². The molecule has 6 nitrogen and oxygen atoms in total. The SMILES string of the molecule is O=C1CCCN1Cc1cccc(CNC(=O)C2(C(=O)O)CC2)c1. The van der Waals surface area contributed by atoms with Crippen LogP contribution in [0.15, 0.2) is 24.3 Å². The van der Waals surface area contributed by atoms with Gasteiger partial charge in [-0.05, 0) is 30.4 Å². The molecule has 0 unspecified atom stereocenters. The largest absolute Gasteiger partial charge is 0.480 e. The molecule has 2 amide bonds. The van der Waals surface area contributed by atoms with Crippen LogP contribution >= 0.6 is 0 Å². The van der Waals surface area contributed by atoms with E-state index in [1.54, 1.807) is 0 Å². The third kappa shape index (κ3) is 3.21. The maximum Gasteiger partial charge on any atom is 0.319 e. The van der Waals surface area contributed by atoms with Crippen LogP contribution in [-0.2, 0) is 27.5 Å². The standard InChI is InChI=1S/C17H20N2O4/c20-14-5-2-8-19(14)11-13-4-1-3-12(9-13)10-18-15(21)17(6-7-17)16(22)23/h1,3-4,9H,2,5-8,10-11H2,(H,18,21)(H,22,23). The summed E-state index contributed by atoms with van der Waals surface area (Å²) in [4.78, 5) is 36.6. The van der Waals surface area contributed by atoms with Gasteiger partial charge >= 0.3 is 5.97 Å². The summed E-state index contributed by atoms with van der Waals surface area (Å²) < 4.78 is 0. The number of carboxylic acid groups (broad SMARTS) is 1. The van der Waals surface area contributed by atoms with E-state index in [0.29, 0.717) is 32.4 Å². The molecular weight excluding hydrogens is 296 g/mol.